The normalized spacial score (nSPS) is 22.5. The fourth-order valence-electron chi connectivity index (χ4n) is 3.32. The van der Waals surface area contributed by atoms with E-state index in [0.29, 0.717) is 38.0 Å². The number of morpholine rings is 1. The molecule has 3 heterocycles. The van der Waals surface area contributed by atoms with E-state index in [-0.39, 0.29) is 18.3 Å². The largest absolute Gasteiger partial charge is 0.394 e. The Kier molecular flexibility index (Phi) is 5.79. The molecule has 1 aromatic heterocycles. The second kappa shape index (κ2) is 8.64. The maximum Gasteiger partial charge on any atom is 0.243 e. The molecule has 1 saturated heterocycles. The van der Waals surface area contributed by atoms with E-state index in [2.05, 4.69) is 20.3 Å². The Morgan fingerprint density at radius 1 is 1.24 bits per heavy atom. The number of benzene rings is 1. The number of guanidine groups is 1. The molecule has 29 heavy (non-hydrogen) atoms. The Morgan fingerprint density at radius 2 is 2.03 bits per heavy atom. The van der Waals surface area contributed by atoms with Crippen LogP contribution < -0.4 is 5.32 Å². The number of carbonyl (C=O) groups excluding carboxylic acids is 1. The van der Waals surface area contributed by atoms with Gasteiger partial charge in [0.15, 0.2) is 0 Å². The topological polar surface area (TPSA) is 120 Å². The molecule has 1 fully saturated rings. The highest BCUT2D eigenvalue weighted by molar-refractivity contribution is 6.20. The highest BCUT2D eigenvalue weighted by Crippen LogP contribution is 2.23. The number of amidine groups is 1. The van der Waals surface area contributed by atoms with E-state index in [9.17, 15) is 9.90 Å². The van der Waals surface area contributed by atoms with E-state index in [4.69, 9.17) is 9.84 Å². The Morgan fingerprint density at radius 3 is 2.83 bits per heavy atom. The summed E-state index contributed by atoms with van der Waals surface area (Å²) in [6, 6.07) is 11.4. The molecule has 9 nitrogen and oxygen atoms in total. The van der Waals surface area contributed by atoms with Gasteiger partial charge in [-0.15, -0.1) is 0 Å². The number of rotatable bonds is 4. The van der Waals surface area contributed by atoms with Crippen LogP contribution in [0.1, 0.15) is 11.6 Å². The van der Waals surface area contributed by atoms with Crippen molar-refractivity contribution in [1.29, 1.82) is 0 Å². The molecule has 0 saturated carbocycles. The van der Waals surface area contributed by atoms with Gasteiger partial charge in [0.05, 0.1) is 43.7 Å². The lowest BCUT2D eigenvalue weighted by Crippen LogP contribution is -2.53. The monoisotopic (exact) mass is 397 g/mol. The number of para-hydroxylation sites is 1. The fraction of sp³-hybridized carbons (Fsp3) is 0.400. The van der Waals surface area contributed by atoms with Gasteiger partial charge in [0.2, 0.25) is 11.9 Å². The molecular formula is C20H23N5O4. The van der Waals surface area contributed by atoms with Crippen molar-refractivity contribution in [2.75, 3.05) is 39.5 Å². The first-order chi connectivity index (χ1) is 14.2. The van der Waals surface area contributed by atoms with Gasteiger partial charge in [0, 0.05) is 18.5 Å². The number of aliphatic imine (C=N–C) groups is 2. The van der Waals surface area contributed by atoms with E-state index in [1.807, 2.05) is 35.2 Å². The molecule has 2 aromatic rings. The van der Waals surface area contributed by atoms with E-state index >= 15 is 0 Å². The van der Waals surface area contributed by atoms with Gasteiger partial charge in [-0.25, -0.2) is 0 Å². The van der Waals surface area contributed by atoms with Gasteiger partial charge in [-0.1, -0.05) is 24.3 Å². The van der Waals surface area contributed by atoms with Crippen molar-refractivity contribution in [2.24, 2.45) is 9.98 Å². The summed E-state index contributed by atoms with van der Waals surface area (Å²) in [4.78, 5) is 28.5. The number of ether oxygens (including phenoxy) is 1. The zero-order valence-electron chi connectivity index (χ0n) is 15.9. The number of pyridine rings is 1. The van der Waals surface area contributed by atoms with Crippen LogP contribution in [0.2, 0.25) is 0 Å². The van der Waals surface area contributed by atoms with Crippen LogP contribution in [0.15, 0.2) is 46.4 Å². The summed E-state index contributed by atoms with van der Waals surface area (Å²) in [5.74, 6) is -0.380. The summed E-state index contributed by atoms with van der Waals surface area (Å²) in [6.07, 6.45) is -1.01. The first kappa shape index (κ1) is 19.4. The molecule has 9 heteroatoms. The maximum absolute atomic E-state index is 13.0. The third kappa shape index (κ3) is 4.26. The van der Waals surface area contributed by atoms with Crippen LogP contribution in [-0.4, -0.2) is 83.4 Å². The van der Waals surface area contributed by atoms with Gasteiger partial charge in [-0.2, -0.15) is 4.99 Å². The van der Waals surface area contributed by atoms with Crippen molar-refractivity contribution in [2.45, 2.75) is 12.0 Å². The van der Waals surface area contributed by atoms with Gasteiger partial charge >= 0.3 is 0 Å². The molecule has 2 unspecified atom stereocenters. The average Bonchev–Trinajstić information content (AvgIpc) is 2.77. The first-order valence-corrected chi connectivity index (χ1v) is 9.57. The molecule has 2 aliphatic heterocycles. The van der Waals surface area contributed by atoms with E-state index < -0.39 is 18.6 Å². The number of nitrogens with zero attached hydrogens (tertiary/aromatic N) is 4. The quantitative estimate of drug-likeness (QED) is 0.662. The van der Waals surface area contributed by atoms with Crippen LogP contribution in [-0.2, 0) is 9.53 Å². The predicted molar refractivity (Wildman–Crippen MR) is 108 cm³/mol. The minimum atomic E-state index is -1.01. The summed E-state index contributed by atoms with van der Waals surface area (Å²) in [7, 11) is 0. The molecule has 1 aromatic carbocycles. The minimum Gasteiger partial charge on any atom is -0.394 e. The molecule has 2 aliphatic rings. The smallest absolute Gasteiger partial charge is 0.243 e. The lowest BCUT2D eigenvalue weighted by molar-refractivity contribution is -0.120. The molecule has 4 rings (SSSR count). The number of carbonyl (C=O) groups is 1. The third-order valence-corrected chi connectivity index (χ3v) is 4.88. The highest BCUT2D eigenvalue weighted by Gasteiger charge is 2.35. The number of aromatic nitrogens is 1. The van der Waals surface area contributed by atoms with E-state index in [1.165, 1.54) is 0 Å². The van der Waals surface area contributed by atoms with Crippen molar-refractivity contribution < 1.29 is 19.7 Å². The first-order valence-electron chi connectivity index (χ1n) is 9.57. The lowest BCUT2D eigenvalue weighted by Gasteiger charge is -2.33. The van der Waals surface area contributed by atoms with Crippen LogP contribution in [0.5, 0.6) is 0 Å². The molecule has 1 amide bonds. The summed E-state index contributed by atoms with van der Waals surface area (Å²) < 4.78 is 5.36. The van der Waals surface area contributed by atoms with E-state index in [1.54, 1.807) is 6.07 Å². The molecular weight excluding hydrogens is 374 g/mol. The van der Waals surface area contributed by atoms with Gasteiger partial charge in [-0.05, 0) is 12.1 Å². The average molecular weight is 397 g/mol. The number of nitrogens with one attached hydrogen (secondary N) is 1. The zero-order chi connectivity index (χ0) is 20.2. The predicted octanol–water partition coefficient (Wildman–Crippen LogP) is -0.112. The molecule has 0 radical (unpaired) electrons. The molecule has 0 bridgehead atoms. The molecule has 2 atom stereocenters. The van der Waals surface area contributed by atoms with Crippen molar-refractivity contribution in [1.82, 2.24) is 15.2 Å². The van der Waals surface area contributed by atoms with Gasteiger partial charge in [0.1, 0.15) is 11.8 Å². The highest BCUT2D eigenvalue weighted by atomic mass is 16.5. The van der Waals surface area contributed by atoms with Crippen LogP contribution in [0.25, 0.3) is 10.9 Å². The Balaban J connectivity index is 1.71. The van der Waals surface area contributed by atoms with Gasteiger partial charge in [0.25, 0.3) is 0 Å². The number of fused-ring (bicyclic) bond motifs is 1. The van der Waals surface area contributed by atoms with E-state index in [0.717, 1.165) is 10.9 Å². The van der Waals surface area contributed by atoms with Crippen molar-refractivity contribution >= 4 is 28.6 Å². The number of hydrogen-bond donors (Lipinski definition) is 3. The summed E-state index contributed by atoms with van der Waals surface area (Å²) in [6.45, 7) is 1.88. The van der Waals surface area contributed by atoms with Crippen LogP contribution in [0.3, 0.4) is 0 Å². The van der Waals surface area contributed by atoms with Crippen molar-refractivity contribution in [3.05, 3.63) is 42.1 Å². The summed E-state index contributed by atoms with van der Waals surface area (Å²) >= 11 is 0. The number of aliphatic hydroxyl groups excluding tert-OH is 2. The second-order valence-corrected chi connectivity index (χ2v) is 6.92. The van der Waals surface area contributed by atoms with Crippen LogP contribution in [0, 0.1) is 0 Å². The lowest BCUT2D eigenvalue weighted by atomic mass is 10.00. The molecule has 0 aliphatic carbocycles. The molecule has 152 valence electrons. The number of amides is 1. The maximum atomic E-state index is 13.0. The number of hydrogen-bond acceptors (Lipinski definition) is 7. The standard InChI is InChI=1S/C20H23N5O4/c26-12-14(27)11-21-18-17(16-6-5-13-3-1-2-4-15(13)22-16)19(28)24-20(23-18)25-7-9-29-10-8-25/h1-6,14,17,26-27H,7-12H2,(H,21,23,24,28). The van der Waals surface area contributed by atoms with Crippen molar-refractivity contribution in [3.8, 4) is 0 Å². The van der Waals surface area contributed by atoms with Gasteiger partial charge in [-0.3, -0.25) is 20.1 Å². The van der Waals surface area contributed by atoms with Crippen LogP contribution >= 0.6 is 0 Å². The van der Waals surface area contributed by atoms with Gasteiger partial charge < -0.3 is 19.8 Å². The summed E-state index contributed by atoms with van der Waals surface area (Å²) in [5.41, 5.74) is 1.30. The van der Waals surface area contributed by atoms with Crippen molar-refractivity contribution in [3.63, 3.8) is 0 Å². The zero-order valence-corrected chi connectivity index (χ0v) is 15.9. The Labute approximate surface area is 167 Å². The Bertz CT molecular complexity index is 955. The Hall–Kier alpha value is -2.88. The molecule has 0 spiro atoms. The number of aliphatic hydroxyl groups is 2. The third-order valence-electron chi connectivity index (χ3n) is 4.88. The second-order valence-electron chi connectivity index (χ2n) is 6.92. The molecule has 3 N–H and O–H groups in total. The van der Waals surface area contributed by atoms with Crippen LogP contribution in [0.4, 0.5) is 0 Å². The minimum absolute atomic E-state index is 0.0525. The SMILES string of the molecule is O=C1NC(N2CCOCC2)=NC(=NCC(O)CO)C1c1ccc2ccccc2n1. The fourth-order valence-corrected chi connectivity index (χ4v) is 3.32. The summed E-state index contributed by atoms with van der Waals surface area (Å²) in [5, 5.41) is 22.7.